The van der Waals surface area contributed by atoms with Crippen LogP contribution in [0.1, 0.15) is 61.7 Å². The number of carbonyl (C=O) groups excluding carboxylic acids is 2. The Labute approximate surface area is 189 Å². The van der Waals surface area contributed by atoms with Gasteiger partial charge < -0.3 is 19.2 Å². The molecule has 0 bridgehead atoms. The van der Waals surface area contributed by atoms with E-state index in [0.29, 0.717) is 24.6 Å². The van der Waals surface area contributed by atoms with E-state index in [4.69, 9.17) is 4.52 Å². The predicted octanol–water partition coefficient (Wildman–Crippen LogP) is 3.17. The lowest BCUT2D eigenvalue weighted by molar-refractivity contribution is -0.131. The van der Waals surface area contributed by atoms with Gasteiger partial charge in [-0.25, -0.2) is 4.98 Å². The average Bonchev–Trinajstić information content (AvgIpc) is 3.34. The average molecular weight is 440 g/mol. The van der Waals surface area contributed by atoms with Gasteiger partial charge in [0, 0.05) is 58.0 Å². The van der Waals surface area contributed by atoms with E-state index in [1.54, 1.807) is 12.3 Å². The number of pyridine rings is 1. The van der Waals surface area contributed by atoms with Crippen molar-refractivity contribution in [1.29, 1.82) is 0 Å². The minimum absolute atomic E-state index is 0.0916. The molecule has 32 heavy (non-hydrogen) atoms. The van der Waals surface area contributed by atoms with Crippen molar-refractivity contribution >= 4 is 17.6 Å². The van der Waals surface area contributed by atoms with Gasteiger partial charge in [-0.2, -0.15) is 0 Å². The molecule has 0 saturated carbocycles. The molecule has 2 aliphatic heterocycles. The summed E-state index contributed by atoms with van der Waals surface area (Å²) in [7, 11) is 0. The summed E-state index contributed by atoms with van der Waals surface area (Å²) in [5.41, 5.74) is 0.802. The molecule has 2 saturated heterocycles. The second kappa shape index (κ2) is 10.1. The molecule has 0 spiro atoms. The molecule has 1 atom stereocenters. The number of rotatable bonds is 6. The lowest BCUT2D eigenvalue weighted by Gasteiger charge is -2.36. The molecule has 2 aromatic heterocycles. The number of aromatic nitrogens is 2. The second-order valence-electron chi connectivity index (χ2n) is 9.12. The zero-order valence-electron chi connectivity index (χ0n) is 19.1. The summed E-state index contributed by atoms with van der Waals surface area (Å²) < 4.78 is 5.28. The standard InChI is InChI=1S/C24H33N5O3/c1-18(2)20-16-21(32-26-20)24(31)29-11-5-6-19(17-29)8-9-23(30)28-14-12-27(13-15-28)22-7-3-4-10-25-22/h3-4,7,10,16,18-19H,5-6,8-9,11-15,17H2,1-2H3/t19-/m0/s1. The number of nitrogens with zero attached hydrogens (tertiary/aromatic N) is 5. The van der Waals surface area contributed by atoms with Crippen molar-refractivity contribution in [3.8, 4) is 0 Å². The van der Waals surface area contributed by atoms with Crippen LogP contribution >= 0.6 is 0 Å². The number of piperazine rings is 1. The van der Waals surface area contributed by atoms with Crippen LogP contribution in [0.3, 0.4) is 0 Å². The summed E-state index contributed by atoms with van der Waals surface area (Å²) in [6.45, 7) is 8.54. The van der Waals surface area contributed by atoms with Gasteiger partial charge in [-0.3, -0.25) is 9.59 Å². The van der Waals surface area contributed by atoms with Crippen molar-refractivity contribution in [1.82, 2.24) is 19.9 Å². The van der Waals surface area contributed by atoms with Gasteiger partial charge in [0.15, 0.2) is 0 Å². The highest BCUT2D eigenvalue weighted by atomic mass is 16.5. The molecule has 0 radical (unpaired) electrons. The van der Waals surface area contributed by atoms with E-state index in [1.165, 1.54) is 0 Å². The lowest BCUT2D eigenvalue weighted by Crippen LogP contribution is -2.49. The minimum Gasteiger partial charge on any atom is -0.353 e. The highest BCUT2D eigenvalue weighted by molar-refractivity contribution is 5.91. The number of likely N-dealkylation sites (tertiary alicyclic amines) is 1. The molecule has 0 unspecified atom stereocenters. The van der Waals surface area contributed by atoms with Crippen LogP contribution in [0, 0.1) is 5.92 Å². The van der Waals surface area contributed by atoms with Gasteiger partial charge in [-0.05, 0) is 43.2 Å². The Kier molecular flexibility index (Phi) is 7.07. The smallest absolute Gasteiger partial charge is 0.292 e. The first kappa shape index (κ1) is 22.3. The monoisotopic (exact) mass is 439 g/mol. The van der Waals surface area contributed by atoms with E-state index in [9.17, 15) is 9.59 Å². The number of piperidine rings is 1. The molecule has 2 aromatic rings. The van der Waals surface area contributed by atoms with Gasteiger partial charge in [-0.15, -0.1) is 0 Å². The first-order chi connectivity index (χ1) is 15.5. The van der Waals surface area contributed by atoms with Gasteiger partial charge in [0.25, 0.3) is 5.91 Å². The highest BCUT2D eigenvalue weighted by Crippen LogP contribution is 2.24. The van der Waals surface area contributed by atoms with Gasteiger partial charge in [-0.1, -0.05) is 25.1 Å². The molecular weight excluding hydrogens is 406 g/mol. The first-order valence-electron chi connectivity index (χ1n) is 11.7. The number of amides is 2. The number of carbonyl (C=O) groups is 2. The Morgan fingerprint density at radius 1 is 1.12 bits per heavy atom. The predicted molar refractivity (Wildman–Crippen MR) is 121 cm³/mol. The summed E-state index contributed by atoms with van der Waals surface area (Å²) in [6, 6.07) is 7.67. The molecule has 8 heteroatoms. The quantitative estimate of drug-likeness (QED) is 0.688. The normalized spacial score (nSPS) is 19.5. The molecule has 0 aliphatic carbocycles. The Morgan fingerprint density at radius 3 is 2.62 bits per heavy atom. The molecular formula is C24H33N5O3. The molecule has 2 fully saturated rings. The van der Waals surface area contributed by atoms with Crippen LogP contribution in [0.4, 0.5) is 5.82 Å². The van der Waals surface area contributed by atoms with E-state index < -0.39 is 0 Å². The third-order valence-electron chi connectivity index (χ3n) is 6.51. The molecule has 4 rings (SSSR count). The Bertz CT molecular complexity index is 905. The van der Waals surface area contributed by atoms with Crippen molar-refractivity contribution in [3.05, 3.63) is 41.9 Å². The zero-order valence-corrected chi connectivity index (χ0v) is 19.1. The zero-order chi connectivity index (χ0) is 22.5. The Hall–Kier alpha value is -2.90. The van der Waals surface area contributed by atoms with Gasteiger partial charge in [0.05, 0.1) is 5.69 Å². The van der Waals surface area contributed by atoms with Crippen LogP contribution in [-0.2, 0) is 4.79 Å². The number of hydrogen-bond donors (Lipinski definition) is 0. The maximum atomic E-state index is 12.8. The Morgan fingerprint density at radius 2 is 1.94 bits per heavy atom. The number of anilines is 1. The number of hydrogen-bond acceptors (Lipinski definition) is 6. The van der Waals surface area contributed by atoms with Crippen molar-refractivity contribution < 1.29 is 14.1 Å². The fourth-order valence-corrected chi connectivity index (χ4v) is 4.51. The van der Waals surface area contributed by atoms with E-state index >= 15 is 0 Å². The van der Waals surface area contributed by atoms with E-state index in [2.05, 4.69) is 15.0 Å². The summed E-state index contributed by atoms with van der Waals surface area (Å²) >= 11 is 0. The largest absolute Gasteiger partial charge is 0.353 e. The van der Waals surface area contributed by atoms with Crippen LogP contribution in [0.2, 0.25) is 0 Å². The summed E-state index contributed by atoms with van der Waals surface area (Å²) in [4.78, 5) is 36.0. The van der Waals surface area contributed by atoms with Crippen LogP contribution in [0.5, 0.6) is 0 Å². The maximum Gasteiger partial charge on any atom is 0.292 e. The highest BCUT2D eigenvalue weighted by Gasteiger charge is 2.28. The summed E-state index contributed by atoms with van der Waals surface area (Å²) in [5, 5.41) is 4.01. The fourth-order valence-electron chi connectivity index (χ4n) is 4.51. The second-order valence-corrected chi connectivity index (χ2v) is 9.12. The third-order valence-corrected chi connectivity index (χ3v) is 6.51. The van der Waals surface area contributed by atoms with Gasteiger partial charge >= 0.3 is 0 Å². The van der Waals surface area contributed by atoms with Crippen molar-refractivity contribution in [2.45, 2.75) is 45.4 Å². The van der Waals surface area contributed by atoms with Crippen molar-refractivity contribution in [3.63, 3.8) is 0 Å². The summed E-state index contributed by atoms with van der Waals surface area (Å²) in [5.74, 6) is 1.98. The van der Waals surface area contributed by atoms with Crippen LogP contribution in [-0.4, -0.2) is 71.0 Å². The van der Waals surface area contributed by atoms with Crippen LogP contribution in [0.25, 0.3) is 0 Å². The molecule has 0 aromatic carbocycles. The minimum atomic E-state index is -0.0916. The topological polar surface area (TPSA) is 82.8 Å². The molecule has 8 nitrogen and oxygen atoms in total. The molecule has 2 aliphatic rings. The first-order valence-corrected chi connectivity index (χ1v) is 11.7. The third kappa shape index (κ3) is 5.29. The Balaban J connectivity index is 1.23. The molecule has 172 valence electrons. The van der Waals surface area contributed by atoms with E-state index in [0.717, 1.165) is 63.5 Å². The summed E-state index contributed by atoms with van der Waals surface area (Å²) in [6.07, 6.45) is 5.17. The fraction of sp³-hybridized carbons (Fsp3) is 0.583. The molecule has 0 N–H and O–H groups in total. The molecule has 2 amide bonds. The SMILES string of the molecule is CC(C)c1cc(C(=O)N2CCC[C@@H](CCC(=O)N3CCN(c4ccccn4)CC3)C2)on1. The van der Waals surface area contributed by atoms with E-state index in [1.807, 2.05) is 41.8 Å². The van der Waals surface area contributed by atoms with Crippen LogP contribution in [0.15, 0.2) is 35.0 Å². The van der Waals surface area contributed by atoms with Gasteiger partial charge in [0.2, 0.25) is 11.7 Å². The maximum absolute atomic E-state index is 12.8. The van der Waals surface area contributed by atoms with Gasteiger partial charge in [0.1, 0.15) is 5.82 Å². The van der Waals surface area contributed by atoms with Crippen molar-refractivity contribution in [2.75, 3.05) is 44.2 Å². The van der Waals surface area contributed by atoms with Crippen molar-refractivity contribution in [2.24, 2.45) is 5.92 Å². The lowest BCUT2D eigenvalue weighted by atomic mass is 9.93. The van der Waals surface area contributed by atoms with E-state index in [-0.39, 0.29) is 17.7 Å². The van der Waals surface area contributed by atoms with Crippen LogP contribution < -0.4 is 4.90 Å². The molecule has 4 heterocycles.